The fourth-order valence-electron chi connectivity index (χ4n) is 1.94. The molecule has 0 bridgehead atoms. The summed E-state index contributed by atoms with van der Waals surface area (Å²) >= 11 is 0. The molecule has 1 saturated heterocycles. The van der Waals surface area contributed by atoms with Gasteiger partial charge in [0.15, 0.2) is 0 Å². The van der Waals surface area contributed by atoms with Crippen LogP contribution < -0.4 is 10.1 Å². The van der Waals surface area contributed by atoms with Crippen LogP contribution in [0.4, 0.5) is 0 Å². The second-order valence-electron chi connectivity index (χ2n) is 4.12. The van der Waals surface area contributed by atoms with Crippen LogP contribution in [0.1, 0.15) is 17.4 Å². The van der Waals surface area contributed by atoms with Crippen LogP contribution >= 0.6 is 0 Å². The molecule has 17 heavy (non-hydrogen) atoms. The Labute approximate surface area is 101 Å². The second-order valence-corrected chi connectivity index (χ2v) is 4.12. The van der Waals surface area contributed by atoms with Crippen molar-refractivity contribution in [2.24, 2.45) is 0 Å². The van der Waals surface area contributed by atoms with Gasteiger partial charge in [-0.3, -0.25) is 4.79 Å². The molecule has 0 spiro atoms. The number of pyridine rings is 1. The minimum absolute atomic E-state index is 0.0297. The molecule has 0 aromatic carbocycles. The minimum atomic E-state index is -0.0297. The first-order valence-corrected chi connectivity index (χ1v) is 5.75. The van der Waals surface area contributed by atoms with Gasteiger partial charge < -0.3 is 15.0 Å². The van der Waals surface area contributed by atoms with Crippen molar-refractivity contribution in [1.29, 1.82) is 0 Å². The van der Waals surface area contributed by atoms with Crippen molar-refractivity contribution in [2.75, 3.05) is 26.7 Å². The Bertz CT molecular complexity index is 408. The first-order valence-electron chi connectivity index (χ1n) is 5.75. The van der Waals surface area contributed by atoms with E-state index in [-0.39, 0.29) is 11.9 Å². The highest BCUT2D eigenvalue weighted by Gasteiger charge is 2.24. The van der Waals surface area contributed by atoms with Gasteiger partial charge in [-0.25, -0.2) is 4.98 Å². The van der Waals surface area contributed by atoms with Crippen molar-refractivity contribution in [3.05, 3.63) is 23.9 Å². The van der Waals surface area contributed by atoms with Crippen LogP contribution in [0.25, 0.3) is 0 Å². The Morgan fingerprint density at radius 1 is 1.59 bits per heavy atom. The summed E-state index contributed by atoms with van der Waals surface area (Å²) in [5.41, 5.74) is 0.443. The molecule has 5 heteroatoms. The van der Waals surface area contributed by atoms with Gasteiger partial charge in [0, 0.05) is 31.7 Å². The molecule has 0 saturated carbocycles. The molecule has 2 heterocycles. The van der Waals surface area contributed by atoms with Crippen molar-refractivity contribution >= 4 is 5.91 Å². The summed E-state index contributed by atoms with van der Waals surface area (Å²) in [5.74, 6) is 0.441. The number of carbonyl (C=O) groups is 1. The number of nitrogens with zero attached hydrogens (tertiary/aromatic N) is 2. The van der Waals surface area contributed by atoms with Crippen LogP contribution in [0.2, 0.25) is 0 Å². The number of nitrogens with one attached hydrogen (secondary N) is 1. The third-order valence-electron chi connectivity index (χ3n) is 2.91. The molecule has 0 aliphatic carbocycles. The van der Waals surface area contributed by atoms with E-state index in [1.807, 2.05) is 11.8 Å². The van der Waals surface area contributed by atoms with Crippen LogP contribution in [0.5, 0.6) is 5.88 Å². The van der Waals surface area contributed by atoms with Crippen molar-refractivity contribution in [3.8, 4) is 5.88 Å². The summed E-state index contributed by atoms with van der Waals surface area (Å²) in [5, 5.41) is 3.25. The van der Waals surface area contributed by atoms with Gasteiger partial charge in [-0.2, -0.15) is 0 Å². The molecule has 1 aromatic heterocycles. The van der Waals surface area contributed by atoms with Crippen molar-refractivity contribution in [3.63, 3.8) is 0 Å². The molecule has 5 nitrogen and oxygen atoms in total. The Balaban J connectivity index is 2.17. The molecule has 0 radical (unpaired) electrons. The normalized spacial score (nSPS) is 20.1. The average Bonchev–Trinajstić information content (AvgIpc) is 2.38. The lowest BCUT2D eigenvalue weighted by Gasteiger charge is -2.33. The largest absolute Gasteiger partial charge is 0.481 e. The van der Waals surface area contributed by atoms with E-state index in [9.17, 15) is 4.79 Å². The number of hydrogen-bond donors (Lipinski definition) is 1. The first kappa shape index (κ1) is 11.9. The highest BCUT2D eigenvalue weighted by Crippen LogP contribution is 2.12. The van der Waals surface area contributed by atoms with Gasteiger partial charge in [0.25, 0.3) is 5.91 Å². The van der Waals surface area contributed by atoms with Crippen LogP contribution in [-0.2, 0) is 0 Å². The molecule has 1 fully saturated rings. The van der Waals surface area contributed by atoms with Gasteiger partial charge in [0.2, 0.25) is 5.88 Å². The predicted molar refractivity (Wildman–Crippen MR) is 64.2 cm³/mol. The second kappa shape index (κ2) is 5.14. The molecule has 1 atom stereocenters. The number of methoxy groups -OCH3 is 1. The molecule has 1 N–H and O–H groups in total. The lowest BCUT2D eigenvalue weighted by molar-refractivity contribution is 0.0649. The molecular formula is C12H17N3O2. The smallest absolute Gasteiger partial charge is 0.272 e. The summed E-state index contributed by atoms with van der Waals surface area (Å²) in [6.07, 6.45) is 0. The van der Waals surface area contributed by atoms with Crippen LogP contribution in [0, 0.1) is 0 Å². The lowest BCUT2D eigenvalue weighted by Crippen LogP contribution is -2.52. The average molecular weight is 235 g/mol. The van der Waals surface area contributed by atoms with Gasteiger partial charge in [0.1, 0.15) is 5.69 Å². The maximum Gasteiger partial charge on any atom is 0.272 e. The summed E-state index contributed by atoms with van der Waals surface area (Å²) in [7, 11) is 1.55. The topological polar surface area (TPSA) is 54.5 Å². The standard InChI is InChI=1S/C12H17N3O2/c1-9-8-13-6-7-15(9)12(16)10-4-3-5-11(14-10)17-2/h3-5,9,13H,6-8H2,1-2H3/t9-/m0/s1. The van der Waals surface area contributed by atoms with Gasteiger partial charge in [0.05, 0.1) is 7.11 Å². The van der Waals surface area contributed by atoms with E-state index in [2.05, 4.69) is 10.3 Å². The zero-order chi connectivity index (χ0) is 12.3. The van der Waals surface area contributed by atoms with E-state index >= 15 is 0 Å². The molecule has 1 amide bonds. The summed E-state index contributed by atoms with van der Waals surface area (Å²) < 4.78 is 5.02. The Morgan fingerprint density at radius 3 is 3.12 bits per heavy atom. The molecule has 1 aliphatic rings. The van der Waals surface area contributed by atoms with E-state index in [4.69, 9.17) is 4.74 Å². The third-order valence-corrected chi connectivity index (χ3v) is 2.91. The fraction of sp³-hybridized carbons (Fsp3) is 0.500. The molecule has 1 aromatic rings. The van der Waals surface area contributed by atoms with Crippen molar-refractivity contribution in [1.82, 2.24) is 15.2 Å². The number of piperazine rings is 1. The van der Waals surface area contributed by atoms with Crippen LogP contribution in [0.3, 0.4) is 0 Å². The van der Waals surface area contributed by atoms with Crippen LogP contribution in [0.15, 0.2) is 18.2 Å². The number of aromatic nitrogens is 1. The summed E-state index contributed by atoms with van der Waals surface area (Å²) in [6, 6.07) is 5.44. The van der Waals surface area contributed by atoms with Crippen LogP contribution in [-0.4, -0.2) is 48.6 Å². The summed E-state index contributed by atoms with van der Waals surface area (Å²) in [6.45, 7) is 4.42. The van der Waals surface area contributed by atoms with Crippen molar-refractivity contribution in [2.45, 2.75) is 13.0 Å². The Kier molecular flexibility index (Phi) is 3.58. The molecule has 92 valence electrons. The lowest BCUT2D eigenvalue weighted by atomic mass is 10.2. The quantitative estimate of drug-likeness (QED) is 0.812. The maximum atomic E-state index is 12.3. The number of amides is 1. The fourth-order valence-corrected chi connectivity index (χ4v) is 1.94. The molecule has 2 rings (SSSR count). The van der Waals surface area contributed by atoms with E-state index in [1.54, 1.807) is 25.3 Å². The number of hydrogen-bond acceptors (Lipinski definition) is 4. The van der Waals surface area contributed by atoms with Crippen molar-refractivity contribution < 1.29 is 9.53 Å². The predicted octanol–water partition coefficient (Wildman–Crippen LogP) is 0.524. The highest BCUT2D eigenvalue weighted by molar-refractivity contribution is 5.92. The number of rotatable bonds is 2. The Hall–Kier alpha value is -1.62. The molecule has 0 unspecified atom stereocenters. The minimum Gasteiger partial charge on any atom is -0.481 e. The number of ether oxygens (including phenoxy) is 1. The zero-order valence-corrected chi connectivity index (χ0v) is 10.1. The van der Waals surface area contributed by atoms with E-state index in [0.717, 1.165) is 19.6 Å². The number of carbonyl (C=O) groups excluding carboxylic acids is 1. The van der Waals surface area contributed by atoms with E-state index in [1.165, 1.54) is 0 Å². The van der Waals surface area contributed by atoms with Gasteiger partial charge in [-0.05, 0) is 13.0 Å². The SMILES string of the molecule is COc1cccc(C(=O)N2CCNC[C@@H]2C)n1. The highest BCUT2D eigenvalue weighted by atomic mass is 16.5. The van der Waals surface area contributed by atoms with E-state index < -0.39 is 0 Å². The van der Waals surface area contributed by atoms with Gasteiger partial charge >= 0.3 is 0 Å². The molecule has 1 aliphatic heterocycles. The third kappa shape index (κ3) is 2.55. The zero-order valence-electron chi connectivity index (χ0n) is 10.1. The van der Waals surface area contributed by atoms with Gasteiger partial charge in [-0.1, -0.05) is 6.07 Å². The first-order chi connectivity index (χ1) is 8.22. The monoisotopic (exact) mass is 235 g/mol. The Morgan fingerprint density at radius 2 is 2.41 bits per heavy atom. The van der Waals surface area contributed by atoms with E-state index in [0.29, 0.717) is 11.6 Å². The molecular weight excluding hydrogens is 218 g/mol. The summed E-state index contributed by atoms with van der Waals surface area (Å²) in [4.78, 5) is 18.3. The maximum absolute atomic E-state index is 12.3. The van der Waals surface area contributed by atoms with Gasteiger partial charge in [-0.15, -0.1) is 0 Å².